The lowest BCUT2D eigenvalue weighted by atomic mass is 10.1. The summed E-state index contributed by atoms with van der Waals surface area (Å²) in [6.07, 6.45) is 1.13. The molecule has 0 bridgehead atoms. The molecule has 0 aliphatic rings. The number of methoxy groups -OCH3 is 1. The molecule has 0 spiro atoms. The summed E-state index contributed by atoms with van der Waals surface area (Å²) < 4.78 is 4.67. The summed E-state index contributed by atoms with van der Waals surface area (Å²) in [5.41, 5.74) is 1.37. The molecule has 8 nitrogen and oxygen atoms in total. The van der Waals surface area contributed by atoms with Gasteiger partial charge in [-0.15, -0.1) is 0 Å². The highest BCUT2D eigenvalue weighted by Crippen LogP contribution is 2.17. The third kappa shape index (κ3) is 5.44. The van der Waals surface area contributed by atoms with Crippen LogP contribution in [0.1, 0.15) is 15.9 Å². The van der Waals surface area contributed by atoms with Gasteiger partial charge in [-0.1, -0.05) is 24.3 Å². The van der Waals surface area contributed by atoms with E-state index in [0.29, 0.717) is 11.3 Å². The molecular weight excluding hydrogens is 362 g/mol. The second-order valence-electron chi connectivity index (χ2n) is 5.57. The van der Waals surface area contributed by atoms with Gasteiger partial charge < -0.3 is 20.5 Å². The van der Waals surface area contributed by atoms with Gasteiger partial charge in [0.2, 0.25) is 0 Å². The first kappa shape index (κ1) is 20.2. The van der Waals surface area contributed by atoms with E-state index < -0.39 is 17.8 Å². The first-order chi connectivity index (χ1) is 13.4. The van der Waals surface area contributed by atoms with Gasteiger partial charge in [-0.3, -0.25) is 9.59 Å². The molecule has 8 heteroatoms. The molecule has 1 amide bonds. The van der Waals surface area contributed by atoms with Crippen molar-refractivity contribution in [3.8, 4) is 6.07 Å². The number of para-hydroxylation sites is 1. The Morgan fingerprint density at radius 3 is 2.43 bits per heavy atom. The van der Waals surface area contributed by atoms with Crippen LogP contribution in [0.3, 0.4) is 0 Å². The second-order valence-corrected chi connectivity index (χ2v) is 5.57. The minimum absolute atomic E-state index is 0.0957. The number of amides is 1. The van der Waals surface area contributed by atoms with Crippen molar-refractivity contribution in [1.29, 1.82) is 5.26 Å². The first-order valence-electron chi connectivity index (χ1n) is 8.11. The van der Waals surface area contributed by atoms with Crippen molar-refractivity contribution in [3.05, 3.63) is 71.4 Å². The molecule has 28 heavy (non-hydrogen) atoms. The molecule has 0 aliphatic carbocycles. The average Bonchev–Trinajstić information content (AvgIpc) is 2.69. The van der Waals surface area contributed by atoms with Crippen molar-refractivity contribution in [3.63, 3.8) is 0 Å². The standard InChI is InChI=1S/C20H17N3O5/c1-28-20(27)16-4-2-3-5-17(16)23-19(26)14(11-21)12-22-15-8-6-13(7-9-15)10-18(24)25/h2-9,12,22H,10H2,1H3,(H,23,26)(H,24,25)/b14-12-. The predicted octanol–water partition coefficient (Wildman–Crippen LogP) is 2.56. The number of nitriles is 1. The van der Waals surface area contributed by atoms with Gasteiger partial charge in [0, 0.05) is 11.9 Å². The number of carbonyl (C=O) groups is 3. The summed E-state index contributed by atoms with van der Waals surface area (Å²) in [6.45, 7) is 0. The van der Waals surface area contributed by atoms with Gasteiger partial charge in [0.15, 0.2) is 0 Å². The number of rotatable bonds is 7. The Balaban J connectivity index is 2.11. The first-order valence-corrected chi connectivity index (χ1v) is 8.11. The van der Waals surface area contributed by atoms with Gasteiger partial charge >= 0.3 is 11.9 Å². The average molecular weight is 379 g/mol. The van der Waals surface area contributed by atoms with E-state index in [1.54, 1.807) is 42.5 Å². The Bertz CT molecular complexity index is 959. The molecular formula is C20H17N3O5. The number of ether oxygens (including phenoxy) is 1. The van der Waals surface area contributed by atoms with Crippen LogP contribution in [0, 0.1) is 11.3 Å². The Hall–Kier alpha value is -4.12. The topological polar surface area (TPSA) is 129 Å². The number of aliphatic carboxylic acids is 1. The third-order valence-electron chi connectivity index (χ3n) is 3.64. The maximum atomic E-state index is 12.3. The largest absolute Gasteiger partial charge is 0.481 e. The summed E-state index contributed by atoms with van der Waals surface area (Å²) in [6, 6.07) is 14.6. The van der Waals surface area contributed by atoms with E-state index in [1.807, 2.05) is 0 Å². The zero-order chi connectivity index (χ0) is 20.5. The molecule has 0 saturated carbocycles. The molecule has 0 unspecified atom stereocenters. The molecule has 0 radical (unpaired) electrons. The van der Waals surface area contributed by atoms with Crippen molar-refractivity contribution in [2.45, 2.75) is 6.42 Å². The summed E-state index contributed by atoms with van der Waals surface area (Å²) in [4.78, 5) is 34.8. The van der Waals surface area contributed by atoms with Crippen molar-refractivity contribution in [2.75, 3.05) is 17.7 Å². The highest BCUT2D eigenvalue weighted by atomic mass is 16.5. The lowest BCUT2D eigenvalue weighted by Gasteiger charge is -2.09. The van der Waals surface area contributed by atoms with E-state index in [1.165, 1.54) is 25.4 Å². The van der Waals surface area contributed by atoms with Crippen LogP contribution in [-0.4, -0.2) is 30.1 Å². The fourth-order valence-corrected chi connectivity index (χ4v) is 2.27. The molecule has 0 fully saturated rings. The van der Waals surface area contributed by atoms with E-state index in [-0.39, 0.29) is 23.2 Å². The van der Waals surface area contributed by atoms with E-state index in [2.05, 4.69) is 15.4 Å². The number of nitrogens with one attached hydrogen (secondary N) is 2. The Morgan fingerprint density at radius 2 is 1.82 bits per heavy atom. The van der Waals surface area contributed by atoms with Gasteiger partial charge in [-0.2, -0.15) is 5.26 Å². The van der Waals surface area contributed by atoms with Gasteiger partial charge in [0.1, 0.15) is 11.6 Å². The molecule has 2 aromatic carbocycles. The number of carboxylic acid groups (broad SMARTS) is 1. The van der Waals surface area contributed by atoms with Crippen LogP contribution in [0.2, 0.25) is 0 Å². The van der Waals surface area contributed by atoms with Crippen molar-refractivity contribution < 1.29 is 24.2 Å². The lowest BCUT2D eigenvalue weighted by molar-refractivity contribution is -0.136. The molecule has 3 N–H and O–H groups in total. The summed E-state index contributed by atoms with van der Waals surface area (Å²) in [7, 11) is 1.23. The SMILES string of the molecule is COC(=O)c1ccccc1NC(=O)/C(C#N)=C\Nc1ccc(CC(=O)O)cc1. The molecule has 0 saturated heterocycles. The monoisotopic (exact) mass is 379 g/mol. The maximum absolute atomic E-state index is 12.3. The van der Waals surface area contributed by atoms with E-state index in [4.69, 9.17) is 5.11 Å². The van der Waals surface area contributed by atoms with Crippen LogP contribution < -0.4 is 10.6 Å². The van der Waals surface area contributed by atoms with Crippen LogP contribution in [0.5, 0.6) is 0 Å². The van der Waals surface area contributed by atoms with Crippen LogP contribution >= 0.6 is 0 Å². The predicted molar refractivity (Wildman–Crippen MR) is 102 cm³/mol. The molecule has 0 aliphatic heterocycles. The third-order valence-corrected chi connectivity index (χ3v) is 3.64. The molecule has 0 atom stereocenters. The number of anilines is 2. The minimum Gasteiger partial charge on any atom is -0.481 e. The number of carboxylic acids is 1. The zero-order valence-corrected chi connectivity index (χ0v) is 14.9. The Morgan fingerprint density at radius 1 is 1.14 bits per heavy atom. The molecule has 2 aromatic rings. The van der Waals surface area contributed by atoms with Crippen LogP contribution in [0.4, 0.5) is 11.4 Å². The van der Waals surface area contributed by atoms with Gasteiger partial charge in [-0.25, -0.2) is 4.79 Å². The highest BCUT2D eigenvalue weighted by Gasteiger charge is 2.15. The number of esters is 1. The normalized spacial score (nSPS) is 10.5. The highest BCUT2D eigenvalue weighted by molar-refractivity contribution is 6.09. The molecule has 0 heterocycles. The van der Waals surface area contributed by atoms with Crippen molar-refractivity contribution in [1.82, 2.24) is 0 Å². The zero-order valence-electron chi connectivity index (χ0n) is 14.9. The number of carbonyl (C=O) groups excluding carboxylic acids is 2. The van der Waals surface area contributed by atoms with Crippen LogP contribution in [0.25, 0.3) is 0 Å². The molecule has 142 valence electrons. The Kier molecular flexibility index (Phi) is 6.88. The fourth-order valence-electron chi connectivity index (χ4n) is 2.27. The smallest absolute Gasteiger partial charge is 0.339 e. The number of hydrogen-bond acceptors (Lipinski definition) is 6. The van der Waals surface area contributed by atoms with Crippen molar-refractivity contribution in [2.24, 2.45) is 0 Å². The van der Waals surface area contributed by atoms with Crippen molar-refractivity contribution >= 4 is 29.2 Å². The van der Waals surface area contributed by atoms with Crippen LogP contribution in [0.15, 0.2) is 60.3 Å². The van der Waals surface area contributed by atoms with Gasteiger partial charge in [-0.05, 0) is 29.8 Å². The van der Waals surface area contributed by atoms with E-state index >= 15 is 0 Å². The van der Waals surface area contributed by atoms with Gasteiger partial charge in [0.05, 0.1) is 24.8 Å². The van der Waals surface area contributed by atoms with Crippen LogP contribution in [-0.2, 0) is 20.7 Å². The molecule has 2 rings (SSSR count). The van der Waals surface area contributed by atoms with E-state index in [0.717, 1.165) is 0 Å². The summed E-state index contributed by atoms with van der Waals surface area (Å²) >= 11 is 0. The summed E-state index contributed by atoms with van der Waals surface area (Å²) in [5, 5.41) is 23.3. The number of nitrogens with zero attached hydrogens (tertiary/aromatic N) is 1. The second kappa shape index (κ2) is 9.54. The van der Waals surface area contributed by atoms with E-state index in [9.17, 15) is 19.6 Å². The van der Waals surface area contributed by atoms with Gasteiger partial charge in [0.25, 0.3) is 5.91 Å². The number of benzene rings is 2. The summed E-state index contributed by atoms with van der Waals surface area (Å²) in [5.74, 6) is -2.25. The number of hydrogen-bond donors (Lipinski definition) is 3. The maximum Gasteiger partial charge on any atom is 0.339 e. The minimum atomic E-state index is -0.934. The molecule has 0 aromatic heterocycles. The Labute approximate surface area is 161 Å². The lowest BCUT2D eigenvalue weighted by Crippen LogP contribution is -2.17. The quantitative estimate of drug-likeness (QED) is 0.383. The fraction of sp³-hybridized carbons (Fsp3) is 0.100.